The number of carbonyl (C=O) groups is 2. The molecule has 1 fully saturated rings. The van der Waals surface area contributed by atoms with E-state index in [-0.39, 0.29) is 48.6 Å². The third kappa shape index (κ3) is 6.08. The van der Waals surface area contributed by atoms with Gasteiger partial charge < -0.3 is 8.92 Å². The molecule has 202 valence electrons. The average Bonchev–Trinajstić information content (AvgIpc) is 3.14. The summed E-state index contributed by atoms with van der Waals surface area (Å²) in [6.45, 7) is -0.353. The summed E-state index contributed by atoms with van der Waals surface area (Å²) in [4.78, 5) is 36.2. The molecule has 0 atom stereocenters. The van der Waals surface area contributed by atoms with Crippen LogP contribution >= 0.6 is 39.3 Å². The number of nitro benzene ring substituents is 1. The topological polar surface area (TPSA) is 133 Å². The maximum absolute atomic E-state index is 14.2. The van der Waals surface area contributed by atoms with Gasteiger partial charge in [0.15, 0.2) is 11.5 Å². The summed E-state index contributed by atoms with van der Waals surface area (Å²) in [6.07, 6.45) is 1.38. The second-order valence-corrected chi connectivity index (χ2v) is 11.6. The molecule has 2 amide bonds. The van der Waals surface area contributed by atoms with E-state index in [2.05, 4.69) is 15.9 Å². The number of benzene rings is 3. The van der Waals surface area contributed by atoms with Crippen molar-refractivity contribution in [2.24, 2.45) is 0 Å². The zero-order chi connectivity index (χ0) is 28.5. The lowest BCUT2D eigenvalue weighted by atomic mass is 10.1. The first-order chi connectivity index (χ1) is 18.4. The van der Waals surface area contributed by atoms with Crippen molar-refractivity contribution in [2.45, 2.75) is 11.4 Å². The van der Waals surface area contributed by atoms with Gasteiger partial charge in [0.2, 0.25) is 0 Å². The van der Waals surface area contributed by atoms with E-state index in [4.69, 9.17) is 20.5 Å². The molecule has 0 bridgehead atoms. The number of imide groups is 1. The number of halogens is 3. The lowest BCUT2D eigenvalue weighted by Crippen LogP contribution is -2.28. The van der Waals surface area contributed by atoms with Crippen LogP contribution in [0.3, 0.4) is 0 Å². The van der Waals surface area contributed by atoms with Crippen molar-refractivity contribution >= 4 is 72.3 Å². The van der Waals surface area contributed by atoms with E-state index in [1.54, 1.807) is 0 Å². The van der Waals surface area contributed by atoms with Crippen molar-refractivity contribution in [1.82, 2.24) is 4.90 Å². The second-order valence-electron chi connectivity index (χ2n) is 7.79. The molecule has 0 radical (unpaired) electrons. The maximum Gasteiger partial charge on any atom is 0.339 e. The van der Waals surface area contributed by atoms with Crippen LogP contribution in [0, 0.1) is 15.9 Å². The number of hydrogen-bond acceptors (Lipinski definition) is 9. The Hall–Kier alpha value is -3.46. The summed E-state index contributed by atoms with van der Waals surface area (Å²) in [5, 5.41) is 10.3. The summed E-state index contributed by atoms with van der Waals surface area (Å²) in [6, 6.07) is 11.0. The molecule has 0 aliphatic carbocycles. The number of amides is 2. The lowest BCUT2D eigenvalue weighted by molar-refractivity contribution is -0.384. The Labute approximate surface area is 238 Å². The Balaban J connectivity index is 1.60. The van der Waals surface area contributed by atoms with Gasteiger partial charge in [0.25, 0.3) is 16.8 Å². The quantitative estimate of drug-likeness (QED) is 0.121. The Bertz CT molecular complexity index is 1630. The van der Waals surface area contributed by atoms with Gasteiger partial charge in [-0.05, 0) is 75.7 Å². The van der Waals surface area contributed by atoms with Crippen LogP contribution in [0.15, 0.2) is 68.9 Å². The molecule has 1 heterocycles. The zero-order valence-electron chi connectivity index (χ0n) is 19.6. The SMILES string of the molecule is COc1cc(/C=C2\SC(=O)N(Cc3c(F)cccc3Cl)C2=O)cc(Br)c1OS(=O)(=O)c1ccc([N+](=O)[O-])cc1. The van der Waals surface area contributed by atoms with Crippen molar-refractivity contribution in [3.05, 3.63) is 96.1 Å². The minimum absolute atomic E-state index is 0.00265. The molecule has 0 N–H and O–H groups in total. The van der Waals surface area contributed by atoms with Gasteiger partial charge in [-0.1, -0.05) is 17.7 Å². The highest BCUT2D eigenvalue weighted by atomic mass is 79.9. The molecule has 0 unspecified atom stereocenters. The largest absolute Gasteiger partial charge is 0.493 e. The summed E-state index contributed by atoms with van der Waals surface area (Å²) in [5.74, 6) is -1.56. The molecular weight excluding hydrogens is 643 g/mol. The number of methoxy groups -OCH3 is 1. The van der Waals surface area contributed by atoms with E-state index < -0.39 is 32.0 Å². The van der Waals surface area contributed by atoms with Gasteiger partial charge in [-0.3, -0.25) is 24.6 Å². The molecule has 4 rings (SSSR count). The minimum atomic E-state index is -4.41. The van der Waals surface area contributed by atoms with Gasteiger partial charge in [0.05, 0.1) is 28.0 Å². The number of thioether (sulfide) groups is 1. The fourth-order valence-corrected chi connectivity index (χ4v) is 6.09. The van der Waals surface area contributed by atoms with Crippen molar-refractivity contribution < 1.29 is 36.2 Å². The van der Waals surface area contributed by atoms with Gasteiger partial charge in [-0.2, -0.15) is 8.42 Å². The number of hydrogen-bond donors (Lipinski definition) is 0. The van der Waals surface area contributed by atoms with Crippen LogP contribution in [0.2, 0.25) is 5.02 Å². The predicted octanol–water partition coefficient (Wildman–Crippen LogP) is 6.16. The molecule has 39 heavy (non-hydrogen) atoms. The molecule has 3 aromatic carbocycles. The van der Waals surface area contributed by atoms with E-state index in [9.17, 15) is 32.5 Å². The van der Waals surface area contributed by atoms with Crippen LogP contribution in [0.5, 0.6) is 11.5 Å². The summed E-state index contributed by atoms with van der Waals surface area (Å²) >= 11 is 9.90. The van der Waals surface area contributed by atoms with Crippen molar-refractivity contribution in [3.63, 3.8) is 0 Å². The molecule has 1 aliphatic heterocycles. The Morgan fingerprint density at radius 1 is 1.18 bits per heavy atom. The fourth-order valence-electron chi connectivity index (χ4n) is 3.43. The van der Waals surface area contributed by atoms with Crippen LogP contribution in [0.4, 0.5) is 14.9 Å². The summed E-state index contributed by atoms with van der Waals surface area (Å²) < 4.78 is 50.4. The molecular formula is C24H15BrClFN2O8S2. The fraction of sp³-hybridized carbons (Fsp3) is 0.0833. The normalized spacial score (nSPS) is 14.7. The summed E-state index contributed by atoms with van der Waals surface area (Å²) in [5.41, 5.74) is 0.0644. The monoisotopic (exact) mass is 656 g/mol. The second kappa shape index (κ2) is 11.3. The van der Waals surface area contributed by atoms with Crippen LogP contribution < -0.4 is 8.92 Å². The lowest BCUT2D eigenvalue weighted by Gasteiger charge is -2.14. The first kappa shape index (κ1) is 28.5. The molecule has 10 nitrogen and oxygen atoms in total. The van der Waals surface area contributed by atoms with Gasteiger partial charge >= 0.3 is 10.1 Å². The van der Waals surface area contributed by atoms with E-state index in [1.165, 1.54) is 43.5 Å². The maximum atomic E-state index is 14.2. The number of nitrogens with zero attached hydrogens (tertiary/aromatic N) is 2. The van der Waals surface area contributed by atoms with Crippen LogP contribution in [0.1, 0.15) is 11.1 Å². The number of carbonyl (C=O) groups excluding carboxylic acids is 2. The Morgan fingerprint density at radius 2 is 1.87 bits per heavy atom. The minimum Gasteiger partial charge on any atom is -0.493 e. The molecule has 0 spiro atoms. The van der Waals surface area contributed by atoms with Gasteiger partial charge in [-0.25, -0.2) is 4.39 Å². The molecule has 0 aromatic heterocycles. The van der Waals surface area contributed by atoms with Crippen molar-refractivity contribution in [2.75, 3.05) is 7.11 Å². The highest BCUT2D eigenvalue weighted by molar-refractivity contribution is 9.10. The van der Waals surface area contributed by atoms with Gasteiger partial charge in [-0.15, -0.1) is 0 Å². The molecule has 3 aromatic rings. The predicted molar refractivity (Wildman–Crippen MR) is 145 cm³/mol. The summed E-state index contributed by atoms with van der Waals surface area (Å²) in [7, 11) is -3.14. The molecule has 15 heteroatoms. The van der Waals surface area contributed by atoms with Crippen LogP contribution in [0.25, 0.3) is 6.08 Å². The third-order valence-electron chi connectivity index (χ3n) is 5.33. The standard InChI is InChI=1S/C24H15BrClFN2O8S2/c1-36-20-10-13(9-17(25)22(20)37-39(34,35)15-7-5-14(6-8-15)29(32)33)11-21-23(30)28(24(31)38-21)12-16-18(26)3-2-4-19(16)27/h2-11H,12H2,1H3/b21-11-. The van der Waals surface area contributed by atoms with Crippen LogP contribution in [-0.4, -0.2) is 36.5 Å². The Kier molecular flexibility index (Phi) is 8.30. The van der Waals surface area contributed by atoms with Gasteiger partial charge in [0.1, 0.15) is 10.7 Å². The number of nitro groups is 1. The molecule has 1 saturated heterocycles. The highest BCUT2D eigenvalue weighted by Gasteiger charge is 2.36. The van der Waals surface area contributed by atoms with Crippen LogP contribution in [-0.2, 0) is 21.5 Å². The van der Waals surface area contributed by atoms with E-state index >= 15 is 0 Å². The van der Waals surface area contributed by atoms with Crippen molar-refractivity contribution in [3.8, 4) is 11.5 Å². The molecule has 1 aliphatic rings. The van der Waals surface area contributed by atoms with Gasteiger partial charge in [0, 0.05) is 22.7 Å². The first-order valence-corrected chi connectivity index (χ1v) is 14.1. The van der Waals surface area contributed by atoms with E-state index in [0.29, 0.717) is 17.3 Å². The van der Waals surface area contributed by atoms with E-state index in [1.807, 2.05) is 0 Å². The molecule has 0 saturated carbocycles. The number of non-ortho nitro benzene ring substituents is 1. The highest BCUT2D eigenvalue weighted by Crippen LogP contribution is 2.41. The zero-order valence-corrected chi connectivity index (χ0v) is 23.6. The first-order valence-electron chi connectivity index (χ1n) is 10.7. The average molecular weight is 658 g/mol. The van der Waals surface area contributed by atoms with E-state index in [0.717, 1.165) is 29.2 Å². The number of ether oxygens (including phenoxy) is 1. The number of rotatable bonds is 8. The Morgan fingerprint density at radius 3 is 2.49 bits per heavy atom. The third-order valence-corrected chi connectivity index (χ3v) is 8.42. The van der Waals surface area contributed by atoms with Crippen molar-refractivity contribution in [1.29, 1.82) is 0 Å². The smallest absolute Gasteiger partial charge is 0.339 e.